The summed E-state index contributed by atoms with van der Waals surface area (Å²) < 4.78 is 0. The molecule has 0 aliphatic heterocycles. The normalized spacial score (nSPS) is 14.3. The second-order valence-corrected chi connectivity index (χ2v) is 15.4. The first kappa shape index (κ1) is 49.0. The van der Waals surface area contributed by atoms with Crippen LogP contribution in [0.3, 0.4) is 0 Å². The SMILES string of the molecule is CCCCCCCCCCCCCCC/C=C/CCCC(O)C(O)C(CO)NC(=O)C(O)CCCCCCCCCCCCCCCCCC. The molecule has 0 rings (SSSR count). The lowest BCUT2D eigenvalue weighted by Gasteiger charge is -2.27. The second-order valence-electron chi connectivity index (χ2n) is 15.4. The molecule has 5 N–H and O–H groups in total. The van der Waals surface area contributed by atoms with Gasteiger partial charge in [-0.05, 0) is 38.5 Å². The third-order valence-electron chi connectivity index (χ3n) is 10.5. The van der Waals surface area contributed by atoms with E-state index in [-0.39, 0.29) is 0 Å². The number of hydrogen-bond donors (Lipinski definition) is 5. The number of amides is 1. The minimum atomic E-state index is -1.28. The number of carbonyl (C=O) groups is 1. The minimum Gasteiger partial charge on any atom is -0.394 e. The fourth-order valence-corrected chi connectivity index (χ4v) is 6.93. The fraction of sp³-hybridized carbons (Fsp3) is 0.932. The number of allylic oxidation sites excluding steroid dienone is 2. The van der Waals surface area contributed by atoms with E-state index in [0.717, 1.165) is 38.5 Å². The molecule has 0 aromatic rings. The van der Waals surface area contributed by atoms with Crippen LogP contribution < -0.4 is 5.32 Å². The van der Waals surface area contributed by atoms with E-state index in [1.165, 1.54) is 167 Å². The molecule has 0 aromatic carbocycles. The van der Waals surface area contributed by atoms with Crippen molar-refractivity contribution in [3.8, 4) is 0 Å². The molecule has 298 valence electrons. The molecule has 0 aliphatic rings. The van der Waals surface area contributed by atoms with Crippen molar-refractivity contribution in [2.24, 2.45) is 0 Å². The Kier molecular flexibility index (Phi) is 38.5. The maximum absolute atomic E-state index is 12.5. The standard InChI is InChI=1S/C44H87NO5/c1-3-5-7-9-11-13-15-17-19-21-22-24-25-27-29-31-33-35-37-41(47)43(49)40(39-46)45-44(50)42(48)38-36-34-32-30-28-26-23-20-18-16-14-12-10-8-6-4-2/h29,31,40-43,46-49H,3-28,30,32-39H2,1-2H3,(H,45,50)/b31-29+. The number of nitrogens with one attached hydrogen (secondary N) is 1. The molecule has 1 amide bonds. The van der Waals surface area contributed by atoms with Crippen molar-refractivity contribution < 1.29 is 25.2 Å². The Hall–Kier alpha value is -0.950. The summed E-state index contributed by atoms with van der Waals surface area (Å²) in [6.45, 7) is 4.05. The van der Waals surface area contributed by atoms with Crippen molar-refractivity contribution in [3.63, 3.8) is 0 Å². The van der Waals surface area contributed by atoms with Crippen LogP contribution in [-0.2, 0) is 4.79 Å². The van der Waals surface area contributed by atoms with Crippen LogP contribution in [0.5, 0.6) is 0 Å². The van der Waals surface area contributed by atoms with Crippen molar-refractivity contribution in [1.29, 1.82) is 0 Å². The maximum atomic E-state index is 12.5. The fourth-order valence-electron chi connectivity index (χ4n) is 6.93. The Balaban J connectivity index is 3.76. The van der Waals surface area contributed by atoms with Gasteiger partial charge in [0.2, 0.25) is 5.91 Å². The number of carbonyl (C=O) groups excluding carboxylic acids is 1. The lowest BCUT2D eigenvalue weighted by molar-refractivity contribution is -0.132. The van der Waals surface area contributed by atoms with Crippen molar-refractivity contribution in [1.82, 2.24) is 5.32 Å². The molecule has 0 heterocycles. The summed E-state index contributed by atoms with van der Waals surface area (Å²) in [7, 11) is 0. The molecule has 0 saturated heterocycles. The zero-order valence-corrected chi connectivity index (χ0v) is 33.4. The van der Waals surface area contributed by atoms with E-state index >= 15 is 0 Å². The van der Waals surface area contributed by atoms with Crippen LogP contribution in [0, 0.1) is 0 Å². The molecule has 0 saturated carbocycles. The Morgan fingerprint density at radius 2 is 0.820 bits per heavy atom. The van der Waals surface area contributed by atoms with Gasteiger partial charge in [0.15, 0.2) is 0 Å². The molecular formula is C44H87NO5. The highest BCUT2D eigenvalue weighted by molar-refractivity contribution is 5.80. The smallest absolute Gasteiger partial charge is 0.249 e. The number of unbranched alkanes of at least 4 members (excludes halogenated alkanes) is 29. The highest BCUT2D eigenvalue weighted by Gasteiger charge is 2.28. The van der Waals surface area contributed by atoms with Gasteiger partial charge in [0.05, 0.1) is 18.8 Å². The summed E-state index contributed by atoms with van der Waals surface area (Å²) >= 11 is 0. The largest absolute Gasteiger partial charge is 0.394 e. The Labute approximate surface area is 311 Å². The molecule has 6 nitrogen and oxygen atoms in total. The highest BCUT2D eigenvalue weighted by atomic mass is 16.3. The van der Waals surface area contributed by atoms with E-state index in [0.29, 0.717) is 12.8 Å². The van der Waals surface area contributed by atoms with Gasteiger partial charge in [-0.15, -0.1) is 0 Å². The first-order chi connectivity index (χ1) is 24.5. The molecule has 4 atom stereocenters. The zero-order valence-electron chi connectivity index (χ0n) is 33.4. The molecule has 0 radical (unpaired) electrons. The van der Waals surface area contributed by atoms with E-state index in [4.69, 9.17) is 0 Å². The van der Waals surface area contributed by atoms with Crippen LogP contribution >= 0.6 is 0 Å². The van der Waals surface area contributed by atoms with Gasteiger partial charge in [-0.2, -0.15) is 0 Å². The minimum absolute atomic E-state index is 0.368. The number of rotatable bonds is 40. The van der Waals surface area contributed by atoms with E-state index < -0.39 is 36.9 Å². The molecule has 0 aliphatic carbocycles. The molecular weight excluding hydrogens is 622 g/mol. The molecule has 0 bridgehead atoms. The second kappa shape index (κ2) is 39.3. The highest BCUT2D eigenvalue weighted by Crippen LogP contribution is 2.16. The van der Waals surface area contributed by atoms with Gasteiger partial charge in [0, 0.05) is 0 Å². The van der Waals surface area contributed by atoms with Crippen LogP contribution in [0.25, 0.3) is 0 Å². The van der Waals surface area contributed by atoms with Gasteiger partial charge in [-0.1, -0.05) is 206 Å². The van der Waals surface area contributed by atoms with Crippen molar-refractivity contribution in [3.05, 3.63) is 12.2 Å². The van der Waals surface area contributed by atoms with Crippen molar-refractivity contribution in [2.75, 3.05) is 6.61 Å². The van der Waals surface area contributed by atoms with E-state index in [2.05, 4.69) is 31.3 Å². The van der Waals surface area contributed by atoms with E-state index in [9.17, 15) is 25.2 Å². The molecule has 6 heteroatoms. The van der Waals surface area contributed by atoms with Crippen molar-refractivity contribution >= 4 is 5.91 Å². The Morgan fingerprint density at radius 3 is 1.20 bits per heavy atom. The third-order valence-corrected chi connectivity index (χ3v) is 10.5. The van der Waals surface area contributed by atoms with Crippen molar-refractivity contribution in [2.45, 2.75) is 257 Å². The van der Waals surface area contributed by atoms with Gasteiger partial charge in [-0.3, -0.25) is 4.79 Å². The summed E-state index contributed by atoms with van der Waals surface area (Å²) in [5, 5.41) is 43.6. The first-order valence-corrected chi connectivity index (χ1v) is 22.1. The van der Waals surface area contributed by atoms with Gasteiger partial charge in [0.25, 0.3) is 0 Å². The van der Waals surface area contributed by atoms with Crippen LogP contribution in [-0.4, -0.2) is 57.3 Å². The number of aliphatic hydroxyl groups is 4. The molecule has 4 unspecified atom stereocenters. The predicted octanol–water partition coefficient (Wildman–Crippen LogP) is 11.4. The topological polar surface area (TPSA) is 110 Å². The van der Waals surface area contributed by atoms with Crippen LogP contribution in [0.2, 0.25) is 0 Å². The van der Waals surface area contributed by atoms with Crippen LogP contribution in [0.4, 0.5) is 0 Å². The predicted molar refractivity (Wildman–Crippen MR) is 215 cm³/mol. The molecule has 0 aromatic heterocycles. The van der Waals surface area contributed by atoms with E-state index in [1.54, 1.807) is 0 Å². The number of aliphatic hydroxyl groups excluding tert-OH is 4. The summed E-state index contributed by atoms with van der Waals surface area (Å²) in [6.07, 6.45) is 42.4. The number of hydrogen-bond acceptors (Lipinski definition) is 5. The Bertz CT molecular complexity index is 717. The Morgan fingerprint density at radius 1 is 0.480 bits per heavy atom. The molecule has 0 spiro atoms. The first-order valence-electron chi connectivity index (χ1n) is 22.1. The van der Waals surface area contributed by atoms with E-state index in [1.807, 2.05) is 0 Å². The molecule has 50 heavy (non-hydrogen) atoms. The summed E-state index contributed by atoms with van der Waals surface area (Å²) in [4.78, 5) is 12.5. The summed E-state index contributed by atoms with van der Waals surface area (Å²) in [5.41, 5.74) is 0. The van der Waals surface area contributed by atoms with Crippen LogP contribution in [0.15, 0.2) is 12.2 Å². The average molecular weight is 710 g/mol. The maximum Gasteiger partial charge on any atom is 0.249 e. The van der Waals surface area contributed by atoms with Crippen LogP contribution in [0.1, 0.15) is 232 Å². The van der Waals surface area contributed by atoms with Gasteiger partial charge in [-0.25, -0.2) is 0 Å². The van der Waals surface area contributed by atoms with Gasteiger partial charge in [0.1, 0.15) is 12.2 Å². The van der Waals surface area contributed by atoms with Gasteiger partial charge < -0.3 is 25.7 Å². The lowest BCUT2D eigenvalue weighted by Crippen LogP contribution is -2.53. The molecule has 0 fully saturated rings. The quantitative estimate of drug-likeness (QED) is 0.0321. The third kappa shape index (κ3) is 32.9. The van der Waals surface area contributed by atoms with Gasteiger partial charge >= 0.3 is 0 Å². The monoisotopic (exact) mass is 710 g/mol. The summed E-state index contributed by atoms with van der Waals surface area (Å²) in [6, 6.07) is -0.996. The zero-order chi connectivity index (χ0) is 36.8. The lowest BCUT2D eigenvalue weighted by atomic mass is 10.00. The average Bonchev–Trinajstić information content (AvgIpc) is 3.12. The summed E-state index contributed by atoms with van der Waals surface area (Å²) in [5.74, 6) is -0.590.